The van der Waals surface area contributed by atoms with Crippen LogP contribution in [0.15, 0.2) is 0 Å². The Labute approximate surface area is 138 Å². The number of hydrogen-bond acceptors (Lipinski definition) is 3. The van der Waals surface area contributed by atoms with Gasteiger partial charge >= 0.3 is 0 Å². The SMILES string of the molecule is O=C(CCCNC(=O)C1CC1)N[C@H]1CCOC2(CCCCC2)C1. The van der Waals surface area contributed by atoms with Gasteiger partial charge in [-0.1, -0.05) is 19.3 Å². The molecule has 1 saturated heterocycles. The fourth-order valence-electron chi connectivity index (χ4n) is 3.95. The first kappa shape index (κ1) is 16.7. The van der Waals surface area contributed by atoms with Gasteiger partial charge in [0.2, 0.25) is 11.8 Å². The van der Waals surface area contributed by atoms with Crippen molar-refractivity contribution >= 4 is 11.8 Å². The highest BCUT2D eigenvalue weighted by atomic mass is 16.5. The van der Waals surface area contributed by atoms with Crippen LogP contribution in [0.3, 0.4) is 0 Å². The fraction of sp³-hybridized carbons (Fsp3) is 0.889. The number of amides is 2. The van der Waals surface area contributed by atoms with Gasteiger partial charge in [0.15, 0.2) is 0 Å². The van der Waals surface area contributed by atoms with E-state index >= 15 is 0 Å². The standard InChI is InChI=1S/C18H30N2O3/c21-16(5-4-11-19-17(22)14-6-7-14)20-15-8-12-23-18(13-15)9-2-1-3-10-18/h14-15H,1-13H2,(H,19,22)(H,20,21)/t15-/m0/s1. The first-order chi connectivity index (χ1) is 11.2. The minimum Gasteiger partial charge on any atom is -0.375 e. The first-order valence-corrected chi connectivity index (χ1v) is 9.38. The summed E-state index contributed by atoms with van der Waals surface area (Å²) in [5.41, 5.74) is 0.0344. The number of rotatable bonds is 6. The van der Waals surface area contributed by atoms with E-state index in [1.54, 1.807) is 0 Å². The van der Waals surface area contributed by atoms with Crippen molar-refractivity contribution in [1.29, 1.82) is 0 Å². The van der Waals surface area contributed by atoms with Crippen LogP contribution in [0, 0.1) is 5.92 Å². The molecule has 0 aromatic heterocycles. The molecular weight excluding hydrogens is 292 g/mol. The van der Waals surface area contributed by atoms with Gasteiger partial charge in [0.1, 0.15) is 0 Å². The van der Waals surface area contributed by atoms with E-state index in [9.17, 15) is 9.59 Å². The molecule has 1 spiro atoms. The van der Waals surface area contributed by atoms with Crippen LogP contribution in [0.1, 0.15) is 70.6 Å². The summed E-state index contributed by atoms with van der Waals surface area (Å²) >= 11 is 0. The molecule has 1 heterocycles. The Morgan fingerprint density at radius 1 is 1.09 bits per heavy atom. The molecule has 0 aromatic carbocycles. The second-order valence-electron chi connectivity index (χ2n) is 7.52. The summed E-state index contributed by atoms with van der Waals surface area (Å²) in [5, 5.41) is 6.09. The predicted octanol–water partition coefficient (Wildman–Crippen LogP) is 2.29. The quantitative estimate of drug-likeness (QED) is 0.737. The Morgan fingerprint density at radius 3 is 2.61 bits per heavy atom. The van der Waals surface area contributed by atoms with Crippen LogP contribution in [0.5, 0.6) is 0 Å². The zero-order valence-electron chi connectivity index (χ0n) is 14.1. The van der Waals surface area contributed by atoms with E-state index in [4.69, 9.17) is 4.74 Å². The minimum atomic E-state index is 0.0344. The highest BCUT2D eigenvalue weighted by molar-refractivity contribution is 5.81. The maximum atomic E-state index is 12.1. The zero-order valence-corrected chi connectivity index (χ0v) is 14.1. The van der Waals surface area contributed by atoms with Gasteiger partial charge in [-0.2, -0.15) is 0 Å². The molecule has 23 heavy (non-hydrogen) atoms. The van der Waals surface area contributed by atoms with Crippen molar-refractivity contribution in [2.24, 2.45) is 5.92 Å². The molecule has 2 saturated carbocycles. The van der Waals surface area contributed by atoms with E-state index in [1.165, 1.54) is 19.3 Å². The van der Waals surface area contributed by atoms with Gasteiger partial charge in [0.25, 0.3) is 0 Å². The van der Waals surface area contributed by atoms with Crippen molar-refractivity contribution in [3.05, 3.63) is 0 Å². The summed E-state index contributed by atoms with van der Waals surface area (Å²) in [5.74, 6) is 0.523. The largest absolute Gasteiger partial charge is 0.375 e. The van der Waals surface area contributed by atoms with Crippen molar-refractivity contribution in [2.45, 2.75) is 82.3 Å². The average molecular weight is 322 g/mol. The van der Waals surface area contributed by atoms with E-state index in [0.29, 0.717) is 13.0 Å². The molecule has 3 aliphatic rings. The summed E-state index contributed by atoms with van der Waals surface area (Å²) < 4.78 is 6.07. The molecule has 0 radical (unpaired) electrons. The molecule has 2 amide bonds. The molecule has 3 fully saturated rings. The summed E-state index contributed by atoms with van der Waals surface area (Å²) in [6, 6.07) is 0.260. The monoisotopic (exact) mass is 322 g/mol. The Bertz CT molecular complexity index is 422. The summed E-state index contributed by atoms with van der Waals surface area (Å²) in [7, 11) is 0. The van der Waals surface area contributed by atoms with Crippen LogP contribution in [0.2, 0.25) is 0 Å². The third-order valence-corrected chi connectivity index (χ3v) is 5.45. The summed E-state index contributed by atoms with van der Waals surface area (Å²) in [6.07, 6.45) is 11.3. The molecule has 3 rings (SSSR count). The van der Waals surface area contributed by atoms with Gasteiger partial charge in [-0.3, -0.25) is 9.59 Å². The molecule has 0 unspecified atom stereocenters. The maximum Gasteiger partial charge on any atom is 0.223 e. The Morgan fingerprint density at radius 2 is 1.87 bits per heavy atom. The first-order valence-electron chi connectivity index (χ1n) is 9.38. The molecule has 5 heteroatoms. The van der Waals surface area contributed by atoms with E-state index in [1.807, 2.05) is 0 Å². The number of carbonyl (C=O) groups is 2. The second kappa shape index (κ2) is 7.65. The number of nitrogens with one attached hydrogen (secondary N) is 2. The molecule has 2 N–H and O–H groups in total. The van der Waals surface area contributed by atoms with Gasteiger partial charge < -0.3 is 15.4 Å². The smallest absolute Gasteiger partial charge is 0.223 e. The third kappa shape index (κ3) is 4.93. The topological polar surface area (TPSA) is 67.4 Å². The van der Waals surface area contributed by atoms with Crippen molar-refractivity contribution in [3.8, 4) is 0 Å². The van der Waals surface area contributed by atoms with Gasteiger partial charge in [0, 0.05) is 31.5 Å². The Hall–Kier alpha value is -1.10. The van der Waals surface area contributed by atoms with Crippen LogP contribution in [-0.4, -0.2) is 36.6 Å². The van der Waals surface area contributed by atoms with E-state index < -0.39 is 0 Å². The third-order valence-electron chi connectivity index (χ3n) is 5.45. The molecule has 1 atom stereocenters. The van der Waals surface area contributed by atoms with E-state index in [-0.39, 0.29) is 29.4 Å². The summed E-state index contributed by atoms with van der Waals surface area (Å²) in [6.45, 7) is 1.38. The number of hydrogen-bond donors (Lipinski definition) is 2. The van der Waals surface area contributed by atoms with Gasteiger partial charge in [-0.15, -0.1) is 0 Å². The average Bonchev–Trinajstić information content (AvgIpc) is 3.37. The van der Waals surface area contributed by atoms with Crippen LogP contribution in [0.4, 0.5) is 0 Å². The second-order valence-corrected chi connectivity index (χ2v) is 7.52. The van der Waals surface area contributed by atoms with Crippen molar-refractivity contribution in [3.63, 3.8) is 0 Å². The lowest BCUT2D eigenvalue weighted by molar-refractivity contribution is -0.129. The van der Waals surface area contributed by atoms with Crippen LogP contribution in [-0.2, 0) is 14.3 Å². The van der Waals surface area contributed by atoms with Crippen LogP contribution < -0.4 is 10.6 Å². The lowest BCUT2D eigenvalue weighted by Gasteiger charge is -2.43. The predicted molar refractivity (Wildman–Crippen MR) is 87.9 cm³/mol. The molecule has 0 aromatic rings. The highest BCUT2D eigenvalue weighted by Crippen LogP contribution is 2.38. The zero-order chi connectivity index (χ0) is 16.1. The molecular formula is C18H30N2O3. The maximum absolute atomic E-state index is 12.1. The minimum absolute atomic E-state index is 0.0344. The number of carbonyl (C=O) groups excluding carboxylic acids is 2. The van der Waals surface area contributed by atoms with Crippen molar-refractivity contribution in [2.75, 3.05) is 13.2 Å². The van der Waals surface area contributed by atoms with E-state index in [2.05, 4.69) is 10.6 Å². The van der Waals surface area contributed by atoms with Crippen molar-refractivity contribution < 1.29 is 14.3 Å². The molecule has 0 bridgehead atoms. The van der Waals surface area contributed by atoms with Gasteiger partial charge in [-0.05, 0) is 44.9 Å². The van der Waals surface area contributed by atoms with E-state index in [0.717, 1.165) is 51.6 Å². The molecule has 130 valence electrons. The van der Waals surface area contributed by atoms with Crippen LogP contribution >= 0.6 is 0 Å². The molecule has 5 nitrogen and oxygen atoms in total. The van der Waals surface area contributed by atoms with Gasteiger partial charge in [0.05, 0.1) is 5.60 Å². The normalized spacial score (nSPS) is 26.7. The Kier molecular flexibility index (Phi) is 5.57. The lowest BCUT2D eigenvalue weighted by Crippen LogP contribution is -2.49. The highest BCUT2D eigenvalue weighted by Gasteiger charge is 2.38. The number of ether oxygens (including phenoxy) is 1. The fourth-order valence-corrected chi connectivity index (χ4v) is 3.95. The van der Waals surface area contributed by atoms with Crippen LogP contribution in [0.25, 0.3) is 0 Å². The molecule has 2 aliphatic carbocycles. The summed E-state index contributed by atoms with van der Waals surface area (Å²) in [4.78, 5) is 23.6. The van der Waals surface area contributed by atoms with Gasteiger partial charge in [-0.25, -0.2) is 0 Å². The van der Waals surface area contributed by atoms with Crippen molar-refractivity contribution in [1.82, 2.24) is 10.6 Å². The molecule has 1 aliphatic heterocycles. The lowest BCUT2D eigenvalue weighted by atomic mass is 9.78. The Balaban J connectivity index is 1.33.